The largest absolute Gasteiger partial charge is 0.444 e. The summed E-state index contributed by atoms with van der Waals surface area (Å²) in [5.41, 5.74) is -0.816. The molecule has 1 amide bonds. The average Bonchev–Trinajstić information content (AvgIpc) is 2.18. The SMILES string of the molecule is CC(C)(C)OC(=O)Nc1cc(C=O)c(F)cn1. The van der Waals surface area contributed by atoms with Crippen molar-refractivity contribution in [1.29, 1.82) is 0 Å². The second-order valence-corrected chi connectivity index (χ2v) is 4.34. The smallest absolute Gasteiger partial charge is 0.413 e. The van der Waals surface area contributed by atoms with Crippen LogP contribution in [0.4, 0.5) is 15.0 Å². The molecule has 1 N–H and O–H groups in total. The van der Waals surface area contributed by atoms with E-state index in [9.17, 15) is 14.0 Å². The molecule has 5 nitrogen and oxygen atoms in total. The molecule has 0 fully saturated rings. The minimum Gasteiger partial charge on any atom is -0.444 e. The Morgan fingerprint density at radius 2 is 2.18 bits per heavy atom. The van der Waals surface area contributed by atoms with Crippen LogP contribution in [0.15, 0.2) is 12.3 Å². The van der Waals surface area contributed by atoms with E-state index in [1.54, 1.807) is 20.8 Å². The highest BCUT2D eigenvalue weighted by atomic mass is 19.1. The molecule has 0 atom stereocenters. The van der Waals surface area contributed by atoms with E-state index in [0.717, 1.165) is 12.3 Å². The third-order valence-electron chi connectivity index (χ3n) is 1.64. The predicted molar refractivity (Wildman–Crippen MR) is 59.4 cm³/mol. The summed E-state index contributed by atoms with van der Waals surface area (Å²) in [7, 11) is 0. The topological polar surface area (TPSA) is 68.3 Å². The second-order valence-electron chi connectivity index (χ2n) is 4.34. The average molecular weight is 240 g/mol. The van der Waals surface area contributed by atoms with Gasteiger partial charge >= 0.3 is 6.09 Å². The van der Waals surface area contributed by atoms with Crippen LogP contribution in [-0.4, -0.2) is 23.0 Å². The molecule has 1 rings (SSSR count). The number of carbonyl (C=O) groups excluding carboxylic acids is 2. The fourth-order valence-corrected chi connectivity index (χ4v) is 1.02. The predicted octanol–water partition coefficient (Wildman–Crippen LogP) is 2.38. The van der Waals surface area contributed by atoms with Crippen LogP contribution in [0.2, 0.25) is 0 Å². The number of hydrogen-bond donors (Lipinski definition) is 1. The van der Waals surface area contributed by atoms with Crippen molar-refractivity contribution in [2.24, 2.45) is 0 Å². The molecule has 6 heteroatoms. The molecule has 0 bridgehead atoms. The van der Waals surface area contributed by atoms with Crippen molar-refractivity contribution in [2.75, 3.05) is 5.32 Å². The minimum atomic E-state index is -0.741. The van der Waals surface area contributed by atoms with Crippen molar-refractivity contribution >= 4 is 18.2 Å². The molecule has 0 aliphatic heterocycles. The monoisotopic (exact) mass is 240 g/mol. The number of hydrogen-bond acceptors (Lipinski definition) is 4. The van der Waals surface area contributed by atoms with Crippen molar-refractivity contribution < 1.29 is 18.7 Å². The summed E-state index contributed by atoms with van der Waals surface area (Å²) in [5, 5.41) is 2.30. The van der Waals surface area contributed by atoms with Gasteiger partial charge in [0.25, 0.3) is 0 Å². The molecule has 17 heavy (non-hydrogen) atoms. The summed E-state index contributed by atoms with van der Waals surface area (Å²) in [6, 6.07) is 1.13. The van der Waals surface area contributed by atoms with Gasteiger partial charge in [-0.1, -0.05) is 0 Å². The van der Waals surface area contributed by atoms with Crippen LogP contribution in [0.3, 0.4) is 0 Å². The molecular weight excluding hydrogens is 227 g/mol. The first-order chi connectivity index (χ1) is 7.81. The van der Waals surface area contributed by atoms with Crippen molar-refractivity contribution in [1.82, 2.24) is 4.98 Å². The van der Waals surface area contributed by atoms with Crippen LogP contribution in [-0.2, 0) is 4.74 Å². The standard InChI is InChI=1S/C11H13FN2O3/c1-11(2,3)17-10(16)14-9-4-7(6-15)8(12)5-13-9/h4-6H,1-3H3,(H,13,14,16). The molecule has 1 aromatic rings. The van der Waals surface area contributed by atoms with Crippen LogP contribution in [0, 0.1) is 5.82 Å². The number of ether oxygens (including phenoxy) is 1. The number of amides is 1. The molecule has 0 unspecified atom stereocenters. The van der Waals surface area contributed by atoms with Crippen molar-refractivity contribution in [3.63, 3.8) is 0 Å². The van der Waals surface area contributed by atoms with E-state index in [-0.39, 0.29) is 11.4 Å². The summed E-state index contributed by atoms with van der Waals surface area (Å²) in [5.74, 6) is -0.683. The summed E-state index contributed by atoms with van der Waals surface area (Å²) in [6.07, 6.45) is 0.488. The summed E-state index contributed by atoms with van der Waals surface area (Å²) < 4.78 is 17.9. The zero-order valence-corrected chi connectivity index (χ0v) is 9.78. The van der Waals surface area contributed by atoms with Gasteiger partial charge < -0.3 is 4.74 Å². The number of rotatable bonds is 2. The maximum absolute atomic E-state index is 12.9. The lowest BCUT2D eigenvalue weighted by Crippen LogP contribution is -2.27. The Bertz CT molecular complexity index is 441. The molecule has 0 aliphatic rings. The number of pyridine rings is 1. The van der Waals surface area contributed by atoms with Gasteiger partial charge in [0.05, 0.1) is 11.8 Å². The first-order valence-electron chi connectivity index (χ1n) is 4.92. The molecule has 1 aromatic heterocycles. The van der Waals surface area contributed by atoms with Gasteiger partial charge in [-0.2, -0.15) is 0 Å². The molecule has 0 aliphatic carbocycles. The van der Waals surface area contributed by atoms with Gasteiger partial charge in [0.1, 0.15) is 11.4 Å². The lowest BCUT2D eigenvalue weighted by Gasteiger charge is -2.19. The number of aromatic nitrogens is 1. The van der Waals surface area contributed by atoms with Crippen LogP contribution in [0.25, 0.3) is 0 Å². The van der Waals surface area contributed by atoms with Crippen LogP contribution in [0.5, 0.6) is 0 Å². The Balaban J connectivity index is 2.75. The maximum Gasteiger partial charge on any atom is 0.413 e. The van der Waals surface area contributed by atoms with Gasteiger partial charge in [-0.05, 0) is 26.8 Å². The fourth-order valence-electron chi connectivity index (χ4n) is 1.02. The Kier molecular flexibility index (Phi) is 3.77. The highest BCUT2D eigenvalue weighted by Gasteiger charge is 2.16. The Morgan fingerprint density at radius 3 is 2.71 bits per heavy atom. The van der Waals surface area contributed by atoms with Gasteiger partial charge in [0.2, 0.25) is 0 Å². The van der Waals surface area contributed by atoms with E-state index in [1.807, 2.05) is 0 Å². The van der Waals surface area contributed by atoms with E-state index >= 15 is 0 Å². The minimum absolute atomic E-state index is 0.0581. The zero-order valence-electron chi connectivity index (χ0n) is 9.78. The van der Waals surface area contributed by atoms with Gasteiger partial charge in [-0.3, -0.25) is 10.1 Å². The van der Waals surface area contributed by atoms with Gasteiger partial charge in [-0.25, -0.2) is 14.2 Å². The Labute approximate surface area is 98.0 Å². The van der Waals surface area contributed by atoms with E-state index in [2.05, 4.69) is 10.3 Å². The van der Waals surface area contributed by atoms with Crippen molar-refractivity contribution in [3.05, 3.63) is 23.6 Å². The van der Waals surface area contributed by atoms with E-state index in [0.29, 0.717) is 6.29 Å². The summed E-state index contributed by atoms with van der Waals surface area (Å²) in [6.45, 7) is 5.13. The van der Waals surface area contributed by atoms with E-state index in [4.69, 9.17) is 4.74 Å². The summed E-state index contributed by atoms with van der Waals surface area (Å²) in [4.78, 5) is 25.5. The fraction of sp³-hybridized carbons (Fsp3) is 0.364. The molecule has 0 radical (unpaired) electrons. The summed E-state index contributed by atoms with van der Waals surface area (Å²) >= 11 is 0. The number of nitrogens with zero attached hydrogens (tertiary/aromatic N) is 1. The zero-order chi connectivity index (χ0) is 13.1. The molecule has 0 aromatic carbocycles. The molecule has 0 saturated carbocycles. The van der Waals surface area contributed by atoms with Gasteiger partial charge in [0.15, 0.2) is 12.1 Å². The molecule has 92 valence electrons. The number of aldehydes is 1. The first kappa shape index (κ1) is 13.1. The molecule has 1 heterocycles. The van der Waals surface area contributed by atoms with Crippen LogP contribution in [0.1, 0.15) is 31.1 Å². The maximum atomic E-state index is 12.9. The Morgan fingerprint density at radius 1 is 1.53 bits per heavy atom. The van der Waals surface area contributed by atoms with Crippen LogP contribution >= 0.6 is 0 Å². The number of halogens is 1. The lowest BCUT2D eigenvalue weighted by molar-refractivity contribution is 0.0635. The van der Waals surface area contributed by atoms with Crippen molar-refractivity contribution in [3.8, 4) is 0 Å². The first-order valence-corrected chi connectivity index (χ1v) is 4.92. The Hall–Kier alpha value is -1.98. The number of carbonyl (C=O) groups is 2. The molecule has 0 spiro atoms. The highest BCUT2D eigenvalue weighted by molar-refractivity contribution is 5.85. The molecule has 0 saturated heterocycles. The van der Waals surface area contributed by atoms with Gasteiger partial charge in [-0.15, -0.1) is 0 Å². The number of anilines is 1. The van der Waals surface area contributed by atoms with E-state index < -0.39 is 17.5 Å². The van der Waals surface area contributed by atoms with Crippen molar-refractivity contribution in [2.45, 2.75) is 26.4 Å². The lowest BCUT2D eigenvalue weighted by atomic mass is 10.2. The highest BCUT2D eigenvalue weighted by Crippen LogP contribution is 2.12. The second kappa shape index (κ2) is 4.90. The number of nitrogens with one attached hydrogen (secondary N) is 1. The van der Waals surface area contributed by atoms with E-state index in [1.165, 1.54) is 0 Å². The third-order valence-corrected chi connectivity index (χ3v) is 1.64. The third kappa shape index (κ3) is 4.18. The molecular formula is C11H13FN2O3. The normalized spacial score (nSPS) is 10.8. The van der Waals surface area contributed by atoms with Crippen LogP contribution < -0.4 is 5.32 Å². The van der Waals surface area contributed by atoms with Gasteiger partial charge in [0, 0.05) is 0 Å². The quantitative estimate of drug-likeness (QED) is 0.806.